The number of hydrogen-bond acceptors (Lipinski definition) is 5. The number of rotatable bonds is 4. The lowest BCUT2D eigenvalue weighted by Crippen LogP contribution is -1.99. The molecule has 23 heavy (non-hydrogen) atoms. The van der Waals surface area contributed by atoms with Crippen LogP contribution in [0.1, 0.15) is 11.3 Å². The number of carbonyl (C=O) groups excluding carboxylic acids is 1. The van der Waals surface area contributed by atoms with Crippen LogP contribution in [0.3, 0.4) is 0 Å². The van der Waals surface area contributed by atoms with Crippen LogP contribution in [0.4, 0.5) is 0 Å². The second kappa shape index (κ2) is 6.36. The number of hydrogen-bond donors (Lipinski definition) is 0. The maximum Gasteiger partial charge on any atom is 0.343 e. The molecule has 0 aliphatic carbocycles. The average Bonchev–Trinajstić information content (AvgIpc) is 2.95. The Hall–Kier alpha value is -3.08. The zero-order valence-corrected chi connectivity index (χ0v) is 12.8. The van der Waals surface area contributed by atoms with E-state index in [0.29, 0.717) is 34.1 Å². The number of esters is 1. The summed E-state index contributed by atoms with van der Waals surface area (Å²) in [4.78, 5) is 16.2. The minimum Gasteiger partial charge on any atom is -0.497 e. The number of aromatic nitrogens is 1. The Morgan fingerprint density at radius 3 is 2.70 bits per heavy atom. The van der Waals surface area contributed by atoms with Crippen LogP contribution in [0.15, 0.2) is 54.2 Å². The first kappa shape index (κ1) is 14.8. The molecule has 5 heteroatoms. The average molecular weight is 309 g/mol. The number of cyclic esters (lactones) is 1. The van der Waals surface area contributed by atoms with E-state index in [4.69, 9.17) is 14.2 Å². The molecule has 0 spiro atoms. The van der Waals surface area contributed by atoms with Gasteiger partial charge in [-0.15, -0.1) is 0 Å². The maximum absolute atomic E-state index is 12.0. The van der Waals surface area contributed by atoms with E-state index in [1.54, 1.807) is 50.8 Å². The summed E-state index contributed by atoms with van der Waals surface area (Å²) in [6.45, 7) is 0. The van der Waals surface area contributed by atoms with Gasteiger partial charge in [-0.2, -0.15) is 0 Å². The van der Waals surface area contributed by atoms with Crippen LogP contribution in [-0.2, 0) is 9.53 Å². The van der Waals surface area contributed by atoms with Crippen molar-refractivity contribution >= 4 is 17.8 Å². The molecule has 1 aliphatic heterocycles. The van der Waals surface area contributed by atoms with E-state index in [2.05, 4.69) is 4.98 Å². The molecule has 5 nitrogen and oxygen atoms in total. The van der Waals surface area contributed by atoms with E-state index >= 15 is 0 Å². The van der Waals surface area contributed by atoms with Gasteiger partial charge in [-0.1, -0.05) is 6.07 Å². The Kier molecular flexibility index (Phi) is 4.10. The maximum atomic E-state index is 12.0. The van der Waals surface area contributed by atoms with E-state index < -0.39 is 5.97 Å². The third-order valence-corrected chi connectivity index (χ3v) is 3.39. The lowest BCUT2D eigenvalue weighted by atomic mass is 10.1. The third-order valence-electron chi connectivity index (χ3n) is 3.39. The first-order valence-electron chi connectivity index (χ1n) is 7.00. The largest absolute Gasteiger partial charge is 0.497 e. The van der Waals surface area contributed by atoms with Gasteiger partial charge in [0.1, 0.15) is 17.3 Å². The molecule has 1 aliphatic rings. The van der Waals surface area contributed by atoms with Crippen molar-refractivity contribution in [1.82, 2.24) is 4.98 Å². The lowest BCUT2D eigenvalue weighted by molar-refractivity contribution is -0.130. The SMILES string of the molecule is COc1ccc(C2=CC(=Cc3ccccn3)C(=O)O2)c(OC)c1. The van der Waals surface area contributed by atoms with E-state index in [0.717, 1.165) is 0 Å². The normalized spacial score (nSPS) is 15.3. The van der Waals surface area contributed by atoms with Crippen molar-refractivity contribution < 1.29 is 19.0 Å². The molecule has 0 saturated heterocycles. The van der Waals surface area contributed by atoms with Crippen molar-refractivity contribution in [2.45, 2.75) is 0 Å². The van der Waals surface area contributed by atoms with Gasteiger partial charge in [0.25, 0.3) is 0 Å². The molecule has 0 amide bonds. The topological polar surface area (TPSA) is 57.7 Å². The highest BCUT2D eigenvalue weighted by atomic mass is 16.5. The van der Waals surface area contributed by atoms with Crippen LogP contribution in [0, 0.1) is 0 Å². The Balaban J connectivity index is 1.97. The summed E-state index contributed by atoms with van der Waals surface area (Å²) in [5.74, 6) is 1.27. The quantitative estimate of drug-likeness (QED) is 0.641. The molecule has 0 fully saturated rings. The van der Waals surface area contributed by atoms with Crippen molar-refractivity contribution in [3.05, 3.63) is 65.5 Å². The van der Waals surface area contributed by atoms with E-state index in [1.165, 1.54) is 0 Å². The van der Waals surface area contributed by atoms with Gasteiger partial charge in [0.15, 0.2) is 0 Å². The highest BCUT2D eigenvalue weighted by Gasteiger charge is 2.24. The Morgan fingerprint density at radius 1 is 1.13 bits per heavy atom. The standard InChI is InChI=1S/C18H15NO4/c1-21-14-6-7-15(16(11-14)22-2)17-10-12(18(20)23-17)9-13-5-3-4-8-19-13/h3-11H,1-2H3. The number of carbonyl (C=O) groups is 1. The molecular formula is C18H15NO4. The zero-order chi connectivity index (χ0) is 16.2. The number of benzene rings is 1. The molecule has 1 aromatic heterocycles. The van der Waals surface area contributed by atoms with Crippen molar-refractivity contribution in [2.24, 2.45) is 0 Å². The molecular weight excluding hydrogens is 294 g/mol. The predicted octanol–water partition coefficient (Wildman–Crippen LogP) is 3.08. The van der Waals surface area contributed by atoms with E-state index in [1.807, 2.05) is 18.2 Å². The number of methoxy groups -OCH3 is 2. The van der Waals surface area contributed by atoms with Gasteiger partial charge in [0.05, 0.1) is 31.1 Å². The molecule has 0 bridgehead atoms. The molecule has 1 aromatic carbocycles. The van der Waals surface area contributed by atoms with Crippen LogP contribution in [0.25, 0.3) is 11.8 Å². The minimum absolute atomic E-state index is 0.413. The zero-order valence-electron chi connectivity index (χ0n) is 12.8. The fraction of sp³-hybridized carbons (Fsp3) is 0.111. The van der Waals surface area contributed by atoms with Gasteiger partial charge >= 0.3 is 5.97 Å². The Morgan fingerprint density at radius 2 is 2.00 bits per heavy atom. The predicted molar refractivity (Wildman–Crippen MR) is 85.8 cm³/mol. The second-order valence-electron chi connectivity index (χ2n) is 4.82. The van der Waals surface area contributed by atoms with Gasteiger partial charge in [-0.3, -0.25) is 4.98 Å². The molecule has 0 unspecified atom stereocenters. The monoisotopic (exact) mass is 309 g/mol. The summed E-state index contributed by atoms with van der Waals surface area (Å²) in [6, 6.07) is 10.8. The van der Waals surface area contributed by atoms with Crippen LogP contribution in [-0.4, -0.2) is 25.2 Å². The highest BCUT2D eigenvalue weighted by molar-refractivity contribution is 6.05. The summed E-state index contributed by atoms with van der Waals surface area (Å²) >= 11 is 0. The highest BCUT2D eigenvalue weighted by Crippen LogP contribution is 2.35. The lowest BCUT2D eigenvalue weighted by Gasteiger charge is -2.10. The first-order chi connectivity index (χ1) is 11.2. The summed E-state index contributed by atoms with van der Waals surface area (Å²) in [6.07, 6.45) is 5.04. The summed E-state index contributed by atoms with van der Waals surface area (Å²) in [5.41, 5.74) is 1.82. The van der Waals surface area contributed by atoms with Gasteiger partial charge in [-0.25, -0.2) is 4.79 Å². The molecule has 3 rings (SSSR count). The summed E-state index contributed by atoms with van der Waals surface area (Å²) in [5, 5.41) is 0. The molecule has 0 saturated carbocycles. The number of ether oxygens (including phenoxy) is 3. The van der Waals surface area contributed by atoms with E-state index in [-0.39, 0.29) is 0 Å². The smallest absolute Gasteiger partial charge is 0.343 e. The first-order valence-corrected chi connectivity index (χ1v) is 7.00. The molecule has 0 atom stereocenters. The molecule has 2 heterocycles. The van der Waals surface area contributed by atoms with Gasteiger partial charge in [-0.05, 0) is 36.4 Å². The van der Waals surface area contributed by atoms with Crippen molar-refractivity contribution in [3.63, 3.8) is 0 Å². The minimum atomic E-state index is -0.413. The van der Waals surface area contributed by atoms with Crippen LogP contribution in [0.5, 0.6) is 11.5 Å². The molecule has 2 aromatic rings. The fourth-order valence-electron chi connectivity index (χ4n) is 2.24. The van der Waals surface area contributed by atoms with Crippen molar-refractivity contribution in [3.8, 4) is 11.5 Å². The Bertz CT molecular complexity index is 794. The van der Waals surface area contributed by atoms with Crippen LogP contribution >= 0.6 is 0 Å². The van der Waals surface area contributed by atoms with Crippen LogP contribution in [0.2, 0.25) is 0 Å². The molecule has 0 N–H and O–H groups in total. The Labute approximate surface area is 133 Å². The van der Waals surface area contributed by atoms with E-state index in [9.17, 15) is 4.79 Å². The fourth-order valence-corrected chi connectivity index (χ4v) is 2.24. The number of nitrogens with zero attached hydrogens (tertiary/aromatic N) is 1. The molecule has 116 valence electrons. The van der Waals surface area contributed by atoms with Gasteiger partial charge in [0.2, 0.25) is 0 Å². The third kappa shape index (κ3) is 3.08. The van der Waals surface area contributed by atoms with Crippen molar-refractivity contribution in [2.75, 3.05) is 14.2 Å². The summed E-state index contributed by atoms with van der Waals surface area (Å²) < 4.78 is 15.9. The van der Waals surface area contributed by atoms with Crippen molar-refractivity contribution in [1.29, 1.82) is 0 Å². The van der Waals surface area contributed by atoms with Gasteiger partial charge < -0.3 is 14.2 Å². The van der Waals surface area contributed by atoms with Crippen LogP contribution < -0.4 is 9.47 Å². The van der Waals surface area contributed by atoms with Gasteiger partial charge in [0, 0.05) is 12.3 Å². The second-order valence-corrected chi connectivity index (χ2v) is 4.82. The molecule has 0 radical (unpaired) electrons. The summed E-state index contributed by atoms with van der Waals surface area (Å²) in [7, 11) is 3.14. The number of pyridine rings is 1.